The predicted molar refractivity (Wildman–Crippen MR) is 31.0 cm³/mol. The van der Waals surface area contributed by atoms with Crippen LogP contribution in [-0.4, -0.2) is 24.7 Å². The standard InChI is InChI=1S/C5H7F3N2O/c1-10-3-2-9-4(10)11-5(6,7)8/h2-4,9H,1H3. The van der Waals surface area contributed by atoms with Crippen molar-refractivity contribution in [3.05, 3.63) is 12.4 Å². The van der Waals surface area contributed by atoms with Crippen LogP contribution in [0.15, 0.2) is 12.4 Å². The van der Waals surface area contributed by atoms with E-state index >= 15 is 0 Å². The molecule has 1 N–H and O–H groups in total. The van der Waals surface area contributed by atoms with Gasteiger partial charge in [-0.25, -0.2) is 4.74 Å². The molecule has 0 saturated carbocycles. The molecule has 0 aromatic rings. The fraction of sp³-hybridized carbons (Fsp3) is 0.600. The van der Waals surface area contributed by atoms with E-state index in [4.69, 9.17) is 0 Å². The normalized spacial score (nSPS) is 24.0. The van der Waals surface area contributed by atoms with Crippen LogP contribution in [0.25, 0.3) is 0 Å². The number of ether oxygens (including phenoxy) is 1. The van der Waals surface area contributed by atoms with Crippen LogP contribution in [0.3, 0.4) is 0 Å². The maximum Gasteiger partial charge on any atom is 0.525 e. The van der Waals surface area contributed by atoms with Crippen LogP contribution in [0.2, 0.25) is 0 Å². The van der Waals surface area contributed by atoms with E-state index in [1.165, 1.54) is 24.3 Å². The Morgan fingerprint density at radius 2 is 2.18 bits per heavy atom. The summed E-state index contributed by atoms with van der Waals surface area (Å²) >= 11 is 0. The van der Waals surface area contributed by atoms with Crippen molar-refractivity contribution in [3.63, 3.8) is 0 Å². The third kappa shape index (κ3) is 2.30. The molecule has 0 amide bonds. The van der Waals surface area contributed by atoms with Crippen molar-refractivity contribution < 1.29 is 17.9 Å². The average Bonchev–Trinajstić information content (AvgIpc) is 2.12. The first kappa shape index (κ1) is 8.19. The fourth-order valence-corrected chi connectivity index (χ4v) is 0.682. The lowest BCUT2D eigenvalue weighted by molar-refractivity contribution is -0.357. The molecule has 1 atom stereocenters. The van der Waals surface area contributed by atoms with Gasteiger partial charge in [0.25, 0.3) is 0 Å². The maximum atomic E-state index is 11.6. The Morgan fingerprint density at radius 1 is 1.55 bits per heavy atom. The van der Waals surface area contributed by atoms with Crippen molar-refractivity contribution >= 4 is 0 Å². The summed E-state index contributed by atoms with van der Waals surface area (Å²) in [5, 5.41) is 2.37. The first-order chi connectivity index (χ1) is 4.99. The summed E-state index contributed by atoms with van der Waals surface area (Å²) < 4.78 is 38.4. The second kappa shape index (κ2) is 2.61. The van der Waals surface area contributed by atoms with Crippen molar-refractivity contribution in [2.75, 3.05) is 7.05 Å². The Morgan fingerprint density at radius 3 is 2.55 bits per heavy atom. The Balaban J connectivity index is 2.40. The van der Waals surface area contributed by atoms with Gasteiger partial charge in [-0.1, -0.05) is 0 Å². The zero-order chi connectivity index (χ0) is 8.48. The van der Waals surface area contributed by atoms with Gasteiger partial charge in [0, 0.05) is 19.4 Å². The van der Waals surface area contributed by atoms with Crippen LogP contribution >= 0.6 is 0 Å². The van der Waals surface area contributed by atoms with Gasteiger partial charge in [-0.2, -0.15) is 0 Å². The van der Waals surface area contributed by atoms with Crippen LogP contribution in [0, 0.1) is 0 Å². The maximum absolute atomic E-state index is 11.6. The monoisotopic (exact) mass is 168 g/mol. The summed E-state index contributed by atoms with van der Waals surface area (Å²) in [6, 6.07) is 0. The summed E-state index contributed by atoms with van der Waals surface area (Å²) in [6.45, 7) is 0. The molecule has 1 aliphatic heterocycles. The molecule has 1 rings (SSSR count). The molecule has 1 heterocycles. The predicted octanol–water partition coefficient (Wildman–Crippen LogP) is 0.813. The third-order valence-corrected chi connectivity index (χ3v) is 1.16. The molecule has 6 heteroatoms. The van der Waals surface area contributed by atoms with E-state index in [-0.39, 0.29) is 0 Å². The number of nitrogens with zero attached hydrogens (tertiary/aromatic N) is 1. The highest BCUT2D eigenvalue weighted by Crippen LogP contribution is 2.20. The lowest BCUT2D eigenvalue weighted by Crippen LogP contribution is -2.39. The van der Waals surface area contributed by atoms with Crippen molar-refractivity contribution in [1.82, 2.24) is 10.2 Å². The molecule has 0 bridgehead atoms. The average molecular weight is 168 g/mol. The second-order valence-corrected chi connectivity index (χ2v) is 2.06. The van der Waals surface area contributed by atoms with Crippen LogP contribution in [0.4, 0.5) is 13.2 Å². The largest absolute Gasteiger partial charge is 0.525 e. The lowest BCUT2D eigenvalue weighted by Gasteiger charge is -2.21. The highest BCUT2D eigenvalue weighted by molar-refractivity contribution is 4.88. The van der Waals surface area contributed by atoms with Crippen molar-refractivity contribution in [2.45, 2.75) is 12.7 Å². The van der Waals surface area contributed by atoms with E-state index in [0.29, 0.717) is 0 Å². The summed E-state index contributed by atoms with van der Waals surface area (Å²) in [5.41, 5.74) is 0. The van der Waals surface area contributed by atoms with Gasteiger partial charge in [-0.15, -0.1) is 13.2 Å². The molecule has 3 nitrogen and oxygen atoms in total. The van der Waals surface area contributed by atoms with Crippen LogP contribution in [0.5, 0.6) is 0 Å². The van der Waals surface area contributed by atoms with Gasteiger partial charge in [0.05, 0.1) is 0 Å². The quantitative estimate of drug-likeness (QED) is 0.627. The highest BCUT2D eigenvalue weighted by Gasteiger charge is 2.35. The molecule has 1 unspecified atom stereocenters. The third-order valence-electron chi connectivity index (χ3n) is 1.16. The minimum absolute atomic E-state index is 1.13. The van der Waals surface area contributed by atoms with E-state index in [2.05, 4.69) is 10.1 Å². The molecule has 0 aromatic carbocycles. The zero-order valence-corrected chi connectivity index (χ0v) is 5.72. The van der Waals surface area contributed by atoms with E-state index < -0.39 is 12.7 Å². The van der Waals surface area contributed by atoms with E-state index in [1.807, 2.05) is 0 Å². The Hall–Kier alpha value is -0.910. The first-order valence-corrected chi connectivity index (χ1v) is 2.88. The summed E-state index contributed by atoms with van der Waals surface area (Å²) in [6.07, 6.45) is -2.89. The smallest absolute Gasteiger partial charge is 0.347 e. The van der Waals surface area contributed by atoms with Crippen LogP contribution in [-0.2, 0) is 4.74 Å². The van der Waals surface area contributed by atoms with E-state index in [0.717, 1.165) is 0 Å². The summed E-state index contributed by atoms with van der Waals surface area (Å²) in [7, 11) is 1.48. The lowest BCUT2D eigenvalue weighted by atomic mass is 10.8. The molecule has 0 aromatic heterocycles. The second-order valence-electron chi connectivity index (χ2n) is 2.06. The minimum atomic E-state index is -4.60. The topological polar surface area (TPSA) is 24.5 Å². The molecule has 0 saturated heterocycles. The van der Waals surface area contributed by atoms with Crippen molar-refractivity contribution in [3.8, 4) is 0 Å². The van der Waals surface area contributed by atoms with Gasteiger partial charge in [-0.05, 0) is 0 Å². The molecule has 11 heavy (non-hydrogen) atoms. The number of halogens is 3. The minimum Gasteiger partial charge on any atom is -0.347 e. The number of alkyl halides is 3. The zero-order valence-electron chi connectivity index (χ0n) is 5.72. The number of hydrogen-bond donors (Lipinski definition) is 1. The molecule has 0 spiro atoms. The number of hydrogen-bond acceptors (Lipinski definition) is 3. The van der Waals surface area contributed by atoms with Crippen LogP contribution < -0.4 is 5.32 Å². The molecular formula is C5H7F3N2O. The Bertz CT molecular complexity index is 168. The van der Waals surface area contributed by atoms with Gasteiger partial charge in [0.2, 0.25) is 6.35 Å². The molecule has 64 valence electrons. The van der Waals surface area contributed by atoms with Crippen molar-refractivity contribution in [2.24, 2.45) is 0 Å². The summed E-state index contributed by atoms with van der Waals surface area (Å²) in [5.74, 6) is 0. The van der Waals surface area contributed by atoms with Gasteiger partial charge in [-0.3, -0.25) is 0 Å². The Kier molecular flexibility index (Phi) is 1.95. The molecule has 0 radical (unpaired) electrons. The summed E-state index contributed by atoms with van der Waals surface area (Å²) in [4.78, 5) is 1.27. The SMILES string of the molecule is CN1C=CNC1OC(F)(F)F. The molecular weight excluding hydrogens is 161 g/mol. The number of rotatable bonds is 1. The molecule has 0 aliphatic carbocycles. The first-order valence-electron chi connectivity index (χ1n) is 2.88. The van der Waals surface area contributed by atoms with Crippen LogP contribution in [0.1, 0.15) is 0 Å². The van der Waals surface area contributed by atoms with Crippen molar-refractivity contribution in [1.29, 1.82) is 0 Å². The number of nitrogens with one attached hydrogen (secondary N) is 1. The molecule has 0 fully saturated rings. The highest BCUT2D eigenvalue weighted by atomic mass is 19.4. The van der Waals surface area contributed by atoms with E-state index in [1.54, 1.807) is 0 Å². The van der Waals surface area contributed by atoms with Gasteiger partial charge >= 0.3 is 6.36 Å². The Labute approximate surface area is 61.4 Å². The fourth-order valence-electron chi connectivity index (χ4n) is 0.682. The van der Waals surface area contributed by atoms with Gasteiger partial charge in [0.1, 0.15) is 0 Å². The molecule has 1 aliphatic rings. The van der Waals surface area contributed by atoms with Gasteiger partial charge < -0.3 is 10.2 Å². The van der Waals surface area contributed by atoms with E-state index in [9.17, 15) is 13.2 Å². The van der Waals surface area contributed by atoms with Gasteiger partial charge in [0.15, 0.2) is 0 Å².